The van der Waals surface area contributed by atoms with E-state index >= 15 is 0 Å². The number of halogens is 2. The lowest BCUT2D eigenvalue weighted by Crippen LogP contribution is -2.08. The zero-order chi connectivity index (χ0) is 11.4. The topological polar surface area (TPSA) is 54.4 Å². The second-order valence-corrected chi connectivity index (χ2v) is 3.99. The monoisotopic (exact) mass is 288 g/mol. The molecule has 1 rings (SSSR count). The quantitative estimate of drug-likeness (QED) is 0.687. The average Bonchev–Trinajstić information content (AvgIpc) is 2.15. The molecule has 1 aromatic rings. The van der Waals surface area contributed by atoms with Crippen molar-refractivity contribution in [3.63, 3.8) is 0 Å². The van der Waals surface area contributed by atoms with Gasteiger partial charge in [-0.1, -0.05) is 33.6 Å². The van der Waals surface area contributed by atoms with Gasteiger partial charge in [0.1, 0.15) is 0 Å². The van der Waals surface area contributed by atoms with E-state index < -0.39 is 11.8 Å². The number of hydrogen-bond donors (Lipinski definition) is 1. The van der Waals surface area contributed by atoms with Crippen LogP contribution in [0.3, 0.4) is 0 Å². The Morgan fingerprint density at radius 2 is 2.07 bits per heavy atom. The lowest BCUT2D eigenvalue weighted by Gasteiger charge is -1.97. The maximum atomic E-state index is 10.8. The molecule has 0 heterocycles. The van der Waals surface area contributed by atoms with Gasteiger partial charge in [-0.25, -0.2) is 4.79 Å². The Labute approximate surface area is 99.5 Å². The molecule has 0 saturated heterocycles. The summed E-state index contributed by atoms with van der Waals surface area (Å²) in [6.07, 6.45) is 2.34. The smallest absolute Gasteiger partial charge is 0.376 e. The highest BCUT2D eigenvalue weighted by Crippen LogP contribution is 2.22. The Hall–Kier alpha value is -1.13. The molecule has 78 valence electrons. The molecule has 5 heteroatoms. The number of carboxylic acid groups (broad SMARTS) is 1. The molecule has 0 saturated carbocycles. The molecule has 3 nitrogen and oxygen atoms in total. The molecule has 0 aliphatic carbocycles. The van der Waals surface area contributed by atoms with E-state index in [1.165, 1.54) is 6.08 Å². The molecule has 15 heavy (non-hydrogen) atoms. The number of benzene rings is 1. The number of aliphatic carboxylic acids is 1. The summed E-state index contributed by atoms with van der Waals surface area (Å²) in [5.41, 5.74) is 0.592. The van der Waals surface area contributed by atoms with Gasteiger partial charge in [-0.2, -0.15) is 0 Å². The Balaban J connectivity index is 2.90. The van der Waals surface area contributed by atoms with Crippen LogP contribution < -0.4 is 0 Å². The molecule has 0 bridgehead atoms. The SMILES string of the molecule is O=C(O)C(=O)/C=C/c1ccc(Br)cc1Cl. The third-order valence-corrected chi connectivity index (χ3v) is 2.41. The van der Waals surface area contributed by atoms with E-state index in [0.29, 0.717) is 10.6 Å². The lowest BCUT2D eigenvalue weighted by molar-refractivity contribution is -0.146. The molecule has 0 radical (unpaired) electrons. The molecule has 0 atom stereocenters. The van der Waals surface area contributed by atoms with Crippen molar-refractivity contribution in [3.8, 4) is 0 Å². The van der Waals surface area contributed by atoms with E-state index in [1.54, 1.807) is 18.2 Å². The van der Waals surface area contributed by atoms with Crippen molar-refractivity contribution in [1.29, 1.82) is 0 Å². The van der Waals surface area contributed by atoms with Gasteiger partial charge in [0.2, 0.25) is 0 Å². The summed E-state index contributed by atoms with van der Waals surface area (Å²) >= 11 is 9.08. The fourth-order valence-electron chi connectivity index (χ4n) is 0.873. The van der Waals surface area contributed by atoms with Crippen molar-refractivity contribution >= 4 is 45.4 Å². The highest BCUT2D eigenvalue weighted by molar-refractivity contribution is 9.10. The van der Waals surface area contributed by atoms with Crippen molar-refractivity contribution in [3.05, 3.63) is 39.3 Å². The Morgan fingerprint density at radius 3 is 2.60 bits per heavy atom. The number of carboxylic acids is 1. The minimum Gasteiger partial charge on any atom is -0.475 e. The van der Waals surface area contributed by atoms with Crippen LogP contribution in [-0.2, 0) is 9.59 Å². The molecule has 0 spiro atoms. The van der Waals surface area contributed by atoms with Gasteiger partial charge in [0.25, 0.3) is 5.78 Å². The third kappa shape index (κ3) is 3.49. The van der Waals surface area contributed by atoms with Crippen molar-refractivity contribution < 1.29 is 14.7 Å². The summed E-state index contributed by atoms with van der Waals surface area (Å²) in [6.45, 7) is 0. The Kier molecular flexibility index (Phi) is 4.05. The van der Waals surface area contributed by atoms with Crippen molar-refractivity contribution in [2.45, 2.75) is 0 Å². The van der Waals surface area contributed by atoms with E-state index in [-0.39, 0.29) is 0 Å². The van der Waals surface area contributed by atoms with Crippen LogP contribution in [0, 0.1) is 0 Å². The molecule has 0 aliphatic rings. The molecule has 0 unspecified atom stereocenters. The van der Waals surface area contributed by atoms with Crippen molar-refractivity contribution in [2.75, 3.05) is 0 Å². The summed E-state index contributed by atoms with van der Waals surface area (Å²) in [4.78, 5) is 21.0. The van der Waals surface area contributed by atoms with Crippen LogP contribution in [-0.4, -0.2) is 16.9 Å². The number of carbonyl (C=O) groups is 2. The van der Waals surface area contributed by atoms with Crippen molar-refractivity contribution in [1.82, 2.24) is 0 Å². The van der Waals surface area contributed by atoms with Crippen LogP contribution in [0.25, 0.3) is 6.08 Å². The minimum atomic E-state index is -1.49. The number of carbonyl (C=O) groups excluding carboxylic acids is 1. The van der Waals surface area contributed by atoms with Crippen LogP contribution in [0.15, 0.2) is 28.7 Å². The van der Waals surface area contributed by atoms with E-state index in [2.05, 4.69) is 15.9 Å². The summed E-state index contributed by atoms with van der Waals surface area (Å²) < 4.78 is 0.814. The largest absolute Gasteiger partial charge is 0.475 e. The fraction of sp³-hybridized carbons (Fsp3) is 0. The average molecular weight is 290 g/mol. The van der Waals surface area contributed by atoms with Gasteiger partial charge in [-0.15, -0.1) is 0 Å². The van der Waals surface area contributed by atoms with Gasteiger partial charge in [0.05, 0.1) is 0 Å². The van der Waals surface area contributed by atoms with Crippen molar-refractivity contribution in [2.24, 2.45) is 0 Å². The van der Waals surface area contributed by atoms with Gasteiger partial charge in [0, 0.05) is 9.50 Å². The summed E-state index contributed by atoms with van der Waals surface area (Å²) in [5.74, 6) is -2.46. The molecule has 0 aliphatic heterocycles. The maximum absolute atomic E-state index is 10.8. The summed E-state index contributed by atoms with van der Waals surface area (Å²) in [5, 5.41) is 8.78. The van der Waals surface area contributed by atoms with E-state index in [9.17, 15) is 9.59 Å². The van der Waals surface area contributed by atoms with Crippen LogP contribution in [0.4, 0.5) is 0 Å². The van der Waals surface area contributed by atoms with Crippen LogP contribution >= 0.6 is 27.5 Å². The van der Waals surface area contributed by atoms with Crippen LogP contribution in [0.2, 0.25) is 5.02 Å². The van der Waals surface area contributed by atoms with Gasteiger partial charge in [-0.05, 0) is 29.8 Å². The predicted molar refractivity (Wildman–Crippen MR) is 60.8 cm³/mol. The highest BCUT2D eigenvalue weighted by Gasteiger charge is 2.06. The number of hydrogen-bond acceptors (Lipinski definition) is 2. The minimum absolute atomic E-state index is 0.443. The molecular formula is C10H6BrClO3. The Bertz CT molecular complexity index is 440. The molecule has 0 amide bonds. The predicted octanol–water partition coefficient (Wildman–Crippen LogP) is 2.77. The second kappa shape index (κ2) is 5.09. The third-order valence-electron chi connectivity index (χ3n) is 1.59. The van der Waals surface area contributed by atoms with Crippen LogP contribution in [0.1, 0.15) is 5.56 Å². The molecule has 0 fully saturated rings. The van der Waals surface area contributed by atoms with Gasteiger partial charge in [0.15, 0.2) is 0 Å². The second-order valence-electron chi connectivity index (χ2n) is 2.67. The first-order valence-electron chi connectivity index (χ1n) is 3.91. The Morgan fingerprint density at radius 1 is 1.40 bits per heavy atom. The van der Waals surface area contributed by atoms with E-state index in [1.807, 2.05) is 0 Å². The highest BCUT2D eigenvalue weighted by atomic mass is 79.9. The van der Waals surface area contributed by atoms with E-state index in [0.717, 1.165) is 10.5 Å². The molecule has 0 aromatic heterocycles. The standard InChI is InChI=1S/C10H6BrClO3/c11-7-3-1-6(8(12)5-7)2-4-9(13)10(14)15/h1-5H,(H,14,15)/b4-2+. The van der Waals surface area contributed by atoms with Gasteiger partial charge < -0.3 is 5.11 Å². The first kappa shape index (κ1) is 11.9. The zero-order valence-electron chi connectivity index (χ0n) is 7.41. The maximum Gasteiger partial charge on any atom is 0.376 e. The molecular weight excluding hydrogens is 283 g/mol. The van der Waals surface area contributed by atoms with Gasteiger partial charge >= 0.3 is 5.97 Å². The van der Waals surface area contributed by atoms with E-state index in [4.69, 9.17) is 16.7 Å². The number of ketones is 1. The summed E-state index contributed by atoms with van der Waals surface area (Å²) in [7, 11) is 0. The zero-order valence-corrected chi connectivity index (χ0v) is 9.75. The fourth-order valence-corrected chi connectivity index (χ4v) is 1.61. The molecule has 1 aromatic carbocycles. The van der Waals surface area contributed by atoms with Crippen LogP contribution in [0.5, 0.6) is 0 Å². The lowest BCUT2D eigenvalue weighted by atomic mass is 10.2. The molecule has 1 N–H and O–H groups in total. The van der Waals surface area contributed by atoms with Gasteiger partial charge in [-0.3, -0.25) is 4.79 Å². The summed E-state index contributed by atoms with van der Waals surface area (Å²) in [6, 6.07) is 5.08. The first-order valence-corrected chi connectivity index (χ1v) is 5.08. The normalized spacial score (nSPS) is 10.5. The first-order chi connectivity index (χ1) is 7.00. The number of rotatable bonds is 3.